The van der Waals surface area contributed by atoms with Crippen molar-refractivity contribution < 1.29 is 23.9 Å². The molecule has 0 unspecified atom stereocenters. The van der Waals surface area contributed by atoms with Crippen LogP contribution in [0.3, 0.4) is 0 Å². The molecule has 2 fully saturated rings. The SMILES string of the molecule is CC1(C)OC[C@@H](C[C@H]2C[C@@H](CCCCCCCCCC[Se]c3ccccc3[N+](=O)[O-])OC2=O)O1. The number of rotatable bonds is 15. The van der Waals surface area contributed by atoms with E-state index in [1.165, 1.54) is 38.5 Å². The van der Waals surface area contributed by atoms with Crippen molar-refractivity contribution in [3.8, 4) is 0 Å². The van der Waals surface area contributed by atoms with E-state index in [1.54, 1.807) is 12.1 Å². The molecule has 1 aromatic rings. The van der Waals surface area contributed by atoms with Gasteiger partial charge in [-0.2, -0.15) is 0 Å². The number of ether oxygens (including phenoxy) is 3. The van der Waals surface area contributed by atoms with Crippen molar-refractivity contribution in [1.29, 1.82) is 0 Å². The zero-order chi connectivity index (χ0) is 24.4. The van der Waals surface area contributed by atoms with Crippen molar-refractivity contribution in [2.24, 2.45) is 5.92 Å². The zero-order valence-corrected chi connectivity index (χ0v) is 22.3. The summed E-state index contributed by atoms with van der Waals surface area (Å²) in [5.74, 6) is -0.665. The third kappa shape index (κ3) is 8.95. The minimum absolute atomic E-state index is 0.00999. The van der Waals surface area contributed by atoms with Gasteiger partial charge in [-0.05, 0) is 20.3 Å². The number of para-hydroxylation sites is 1. The number of carbonyl (C=O) groups excluding carboxylic acids is 1. The maximum absolute atomic E-state index is 12.2. The minimum atomic E-state index is -0.543. The summed E-state index contributed by atoms with van der Waals surface area (Å²) in [5.41, 5.74) is 0.270. The smallest absolute Gasteiger partial charge is 0.345 e. The maximum atomic E-state index is 12.2. The van der Waals surface area contributed by atoms with Crippen molar-refractivity contribution in [2.75, 3.05) is 6.61 Å². The topological polar surface area (TPSA) is 87.9 Å². The molecule has 0 spiro atoms. The Morgan fingerprint density at radius 3 is 2.38 bits per heavy atom. The summed E-state index contributed by atoms with van der Waals surface area (Å²) in [7, 11) is 0. The van der Waals surface area contributed by atoms with Gasteiger partial charge in [0, 0.05) is 0 Å². The number of carbonyl (C=O) groups is 1. The first-order valence-corrected chi connectivity index (χ1v) is 14.8. The van der Waals surface area contributed by atoms with Gasteiger partial charge >= 0.3 is 151 Å². The van der Waals surface area contributed by atoms with Crippen LogP contribution in [-0.4, -0.2) is 50.5 Å². The van der Waals surface area contributed by atoms with Crippen LogP contribution in [0.2, 0.25) is 5.32 Å². The van der Waals surface area contributed by atoms with E-state index in [2.05, 4.69) is 0 Å². The number of cyclic esters (lactones) is 1. The Bertz CT molecular complexity index is 801. The first-order chi connectivity index (χ1) is 16.3. The average Bonchev–Trinajstić information content (AvgIpc) is 3.32. The molecule has 1 aromatic carbocycles. The summed E-state index contributed by atoms with van der Waals surface area (Å²) in [6.45, 7) is 4.37. The van der Waals surface area contributed by atoms with Gasteiger partial charge in [0.15, 0.2) is 5.79 Å². The molecule has 2 saturated heterocycles. The number of benzene rings is 1. The number of nitrogens with zero attached hydrogens (tertiary/aromatic N) is 1. The molecule has 2 aliphatic heterocycles. The molecule has 7 nitrogen and oxygen atoms in total. The van der Waals surface area contributed by atoms with Crippen molar-refractivity contribution >= 4 is 31.1 Å². The van der Waals surface area contributed by atoms with Crippen LogP contribution in [0.15, 0.2) is 24.3 Å². The number of unbranched alkanes of at least 4 members (excludes halogenated alkanes) is 7. The van der Waals surface area contributed by atoms with Gasteiger partial charge in [0.05, 0.1) is 18.6 Å². The molecule has 3 atom stereocenters. The Labute approximate surface area is 209 Å². The van der Waals surface area contributed by atoms with Crippen molar-refractivity contribution in [3.63, 3.8) is 0 Å². The molecule has 190 valence electrons. The van der Waals surface area contributed by atoms with Gasteiger partial charge in [-0.15, -0.1) is 0 Å². The molecule has 0 aromatic heterocycles. The molecule has 0 aliphatic carbocycles. The number of hydrogen-bond donors (Lipinski definition) is 0. The monoisotopic (exact) mass is 541 g/mol. The molecule has 8 heteroatoms. The number of hydrogen-bond acceptors (Lipinski definition) is 6. The van der Waals surface area contributed by atoms with E-state index in [0.717, 1.165) is 35.5 Å². The van der Waals surface area contributed by atoms with Crippen LogP contribution < -0.4 is 4.46 Å². The van der Waals surface area contributed by atoms with Crippen LogP contribution >= 0.6 is 0 Å². The quantitative estimate of drug-likeness (QED) is 0.0983. The Balaban J connectivity index is 1.15. The summed E-state index contributed by atoms with van der Waals surface area (Å²) in [4.78, 5) is 23.0. The first kappa shape index (κ1) is 27.1. The number of nitro groups is 1. The van der Waals surface area contributed by atoms with Gasteiger partial charge < -0.3 is 9.47 Å². The van der Waals surface area contributed by atoms with Crippen LogP contribution in [0.4, 0.5) is 5.69 Å². The molecule has 34 heavy (non-hydrogen) atoms. The molecular formula is C26H39NO6Se. The predicted molar refractivity (Wildman–Crippen MR) is 132 cm³/mol. The predicted octanol–water partition coefficient (Wildman–Crippen LogP) is 5.33. The molecular weight excluding hydrogens is 501 g/mol. The Morgan fingerprint density at radius 2 is 1.71 bits per heavy atom. The van der Waals surface area contributed by atoms with Gasteiger partial charge in [0.1, 0.15) is 0 Å². The summed E-state index contributed by atoms with van der Waals surface area (Å²) in [6, 6.07) is 7.12. The van der Waals surface area contributed by atoms with E-state index in [0.29, 0.717) is 13.0 Å². The number of nitro benzene ring substituents is 1. The van der Waals surface area contributed by atoms with Crippen LogP contribution in [0, 0.1) is 16.0 Å². The van der Waals surface area contributed by atoms with E-state index in [4.69, 9.17) is 14.2 Å². The molecule has 0 bridgehead atoms. The third-order valence-electron chi connectivity index (χ3n) is 6.52. The normalized spacial score (nSPS) is 23.8. The summed E-state index contributed by atoms with van der Waals surface area (Å²) in [5, 5.41) is 12.1. The molecule has 2 aliphatic rings. The fraction of sp³-hybridized carbons (Fsp3) is 0.731. The van der Waals surface area contributed by atoms with Gasteiger partial charge in [0.25, 0.3) is 0 Å². The second kappa shape index (κ2) is 13.6. The number of esters is 1. The first-order valence-electron chi connectivity index (χ1n) is 12.7. The van der Waals surface area contributed by atoms with E-state index < -0.39 is 5.79 Å². The molecule has 2 heterocycles. The summed E-state index contributed by atoms with van der Waals surface area (Å²) in [6.07, 6.45) is 12.1. The van der Waals surface area contributed by atoms with E-state index in [1.807, 2.05) is 26.0 Å². The van der Waals surface area contributed by atoms with Gasteiger partial charge in [-0.3, -0.25) is 4.79 Å². The van der Waals surface area contributed by atoms with Gasteiger partial charge in [0.2, 0.25) is 0 Å². The Kier molecular flexibility index (Phi) is 10.8. The average molecular weight is 541 g/mol. The zero-order valence-electron chi connectivity index (χ0n) is 20.5. The standard InChI is InChI=1S/C26H39NO6Se/c1-26(2)31-19-22(33-26)18-20-17-21(32-25(20)28)13-9-7-5-3-4-6-8-12-16-34-24-15-11-10-14-23(24)27(29)30/h10-11,14-15,20-22H,3-9,12-13,16-19H2,1-2H3/t20-,21-,22-/m1/s1. The molecule has 0 N–H and O–H groups in total. The molecule has 0 radical (unpaired) electrons. The van der Waals surface area contributed by atoms with Crippen LogP contribution in [0.1, 0.15) is 84.5 Å². The molecule has 0 amide bonds. The fourth-order valence-corrected chi connectivity index (χ4v) is 6.90. The van der Waals surface area contributed by atoms with Gasteiger partial charge in [-0.1, -0.05) is 0 Å². The molecule has 3 rings (SSSR count). The molecule has 0 saturated carbocycles. The van der Waals surface area contributed by atoms with Crippen molar-refractivity contribution in [2.45, 2.75) is 108 Å². The second-order valence-electron chi connectivity index (χ2n) is 9.87. The minimum Gasteiger partial charge on any atom is -0.345 e. The Hall–Kier alpha value is -1.47. The Morgan fingerprint density at radius 1 is 1.03 bits per heavy atom. The van der Waals surface area contributed by atoms with Crippen LogP contribution in [-0.2, 0) is 19.0 Å². The third-order valence-corrected chi connectivity index (χ3v) is 8.93. The summed E-state index contributed by atoms with van der Waals surface area (Å²) < 4.78 is 17.9. The van der Waals surface area contributed by atoms with Crippen LogP contribution in [0.25, 0.3) is 0 Å². The van der Waals surface area contributed by atoms with E-state index in [-0.39, 0.29) is 49.7 Å². The van der Waals surface area contributed by atoms with Crippen molar-refractivity contribution in [1.82, 2.24) is 0 Å². The van der Waals surface area contributed by atoms with Crippen molar-refractivity contribution in [3.05, 3.63) is 34.4 Å². The fourth-order valence-electron chi connectivity index (χ4n) is 4.73. The van der Waals surface area contributed by atoms with Crippen LogP contribution in [0.5, 0.6) is 0 Å². The second-order valence-corrected chi connectivity index (χ2v) is 12.3. The summed E-state index contributed by atoms with van der Waals surface area (Å²) >= 11 is 0.181. The van der Waals surface area contributed by atoms with Gasteiger partial charge in [-0.25, -0.2) is 0 Å². The van der Waals surface area contributed by atoms with E-state index in [9.17, 15) is 14.9 Å². The van der Waals surface area contributed by atoms with E-state index >= 15 is 0 Å².